The Hall–Kier alpha value is -3.69. The van der Waals surface area contributed by atoms with Crippen LogP contribution in [-0.4, -0.2) is 34.6 Å². The van der Waals surface area contributed by atoms with Gasteiger partial charge in [0.2, 0.25) is 0 Å². The second kappa shape index (κ2) is 12.7. The summed E-state index contributed by atoms with van der Waals surface area (Å²) in [5.74, 6) is 0.445. The molecule has 2 aromatic rings. The number of carbonyl (C=O) groups is 1. The Balaban J connectivity index is 0.000000352. The molecular weight excluding hydrogens is 384 g/mol. The summed E-state index contributed by atoms with van der Waals surface area (Å²) in [6.07, 6.45) is 2.90. The first kappa shape index (κ1) is 23.3. The van der Waals surface area contributed by atoms with Gasteiger partial charge in [-0.1, -0.05) is 0 Å². The molecule has 0 spiro atoms. The highest BCUT2D eigenvalue weighted by Crippen LogP contribution is 2.17. The number of nitro benzene ring substituents is 2. The molecule has 0 aliphatic heterocycles. The van der Waals surface area contributed by atoms with Crippen molar-refractivity contribution in [3.05, 3.63) is 68.8 Å². The van der Waals surface area contributed by atoms with Crippen molar-refractivity contribution in [2.75, 3.05) is 13.7 Å². The van der Waals surface area contributed by atoms with E-state index in [2.05, 4.69) is 4.74 Å². The van der Waals surface area contributed by atoms with Gasteiger partial charge in [0, 0.05) is 30.7 Å². The van der Waals surface area contributed by atoms with Crippen LogP contribution in [0.3, 0.4) is 0 Å². The number of methoxy groups -OCH3 is 1. The number of hydrogen-bond acceptors (Lipinski definition) is 8. The molecule has 10 nitrogen and oxygen atoms in total. The number of non-ortho nitro benzene ring substituents is 2. The highest BCUT2D eigenvalue weighted by molar-refractivity contribution is 5.68. The standard InChI is InChI=1S/C13H17NO5.C6H5NO3/c1-18-13(15)5-3-2-4-10-19-12-8-6-11(7-9-12)14(16)17;8-6-3-1-5(2-4-6)7(9)10/h6-9H,2-5,10H2,1H3;1-4,8H. The van der Waals surface area contributed by atoms with Gasteiger partial charge in [0.05, 0.1) is 23.6 Å². The zero-order valence-electron chi connectivity index (χ0n) is 15.9. The molecular formula is C19H22N2O8. The minimum atomic E-state index is -0.514. The Bertz CT molecular complexity index is 791. The van der Waals surface area contributed by atoms with Gasteiger partial charge in [-0.3, -0.25) is 25.0 Å². The van der Waals surface area contributed by atoms with Crippen LogP contribution < -0.4 is 4.74 Å². The number of phenolic OH excluding ortho intramolecular Hbond substituents is 1. The quantitative estimate of drug-likeness (QED) is 0.285. The lowest BCUT2D eigenvalue weighted by atomic mass is 10.2. The first-order valence-electron chi connectivity index (χ1n) is 8.71. The van der Waals surface area contributed by atoms with Gasteiger partial charge in [-0.15, -0.1) is 0 Å². The van der Waals surface area contributed by atoms with Crippen LogP contribution in [0.25, 0.3) is 0 Å². The van der Waals surface area contributed by atoms with E-state index in [1.165, 1.54) is 43.5 Å². The number of nitrogens with zero attached hydrogens (tertiary/aromatic N) is 2. The van der Waals surface area contributed by atoms with E-state index in [0.29, 0.717) is 18.8 Å². The van der Waals surface area contributed by atoms with Crippen molar-refractivity contribution in [3.63, 3.8) is 0 Å². The largest absolute Gasteiger partial charge is 0.508 e. The monoisotopic (exact) mass is 406 g/mol. The predicted octanol–water partition coefficient (Wildman–Crippen LogP) is 4.01. The highest BCUT2D eigenvalue weighted by atomic mass is 16.6. The number of benzene rings is 2. The average molecular weight is 406 g/mol. The van der Waals surface area contributed by atoms with E-state index in [1.807, 2.05) is 0 Å². The van der Waals surface area contributed by atoms with E-state index < -0.39 is 9.85 Å². The fourth-order valence-electron chi connectivity index (χ4n) is 2.08. The van der Waals surface area contributed by atoms with Crippen LogP contribution in [0.1, 0.15) is 25.7 Å². The average Bonchev–Trinajstić information content (AvgIpc) is 2.71. The van der Waals surface area contributed by atoms with Crippen molar-refractivity contribution in [2.45, 2.75) is 25.7 Å². The van der Waals surface area contributed by atoms with Crippen molar-refractivity contribution in [2.24, 2.45) is 0 Å². The van der Waals surface area contributed by atoms with Crippen LogP contribution in [0.15, 0.2) is 48.5 Å². The van der Waals surface area contributed by atoms with Gasteiger partial charge in [0.15, 0.2) is 0 Å². The van der Waals surface area contributed by atoms with Crippen LogP contribution in [0.2, 0.25) is 0 Å². The van der Waals surface area contributed by atoms with E-state index in [-0.39, 0.29) is 23.1 Å². The van der Waals surface area contributed by atoms with E-state index >= 15 is 0 Å². The van der Waals surface area contributed by atoms with Crippen LogP contribution in [0.5, 0.6) is 11.5 Å². The van der Waals surface area contributed by atoms with Crippen molar-refractivity contribution in [1.29, 1.82) is 0 Å². The first-order chi connectivity index (χ1) is 13.8. The molecule has 0 bridgehead atoms. The third-order valence-electron chi connectivity index (χ3n) is 3.63. The number of rotatable bonds is 9. The predicted molar refractivity (Wildman–Crippen MR) is 104 cm³/mol. The molecule has 29 heavy (non-hydrogen) atoms. The smallest absolute Gasteiger partial charge is 0.305 e. The number of ether oxygens (including phenoxy) is 2. The van der Waals surface area contributed by atoms with Crippen molar-refractivity contribution in [1.82, 2.24) is 0 Å². The number of phenols is 1. The minimum absolute atomic E-state index is 0.0159. The Morgan fingerprint density at radius 3 is 1.90 bits per heavy atom. The molecule has 0 radical (unpaired) electrons. The number of esters is 1. The second-order valence-corrected chi connectivity index (χ2v) is 5.76. The minimum Gasteiger partial charge on any atom is -0.508 e. The summed E-state index contributed by atoms with van der Waals surface area (Å²) in [6, 6.07) is 11.0. The first-order valence-corrected chi connectivity index (χ1v) is 8.71. The summed E-state index contributed by atoms with van der Waals surface area (Å²) >= 11 is 0. The summed E-state index contributed by atoms with van der Waals surface area (Å²) in [6.45, 7) is 0.527. The Labute approximate surface area is 167 Å². The van der Waals surface area contributed by atoms with E-state index in [4.69, 9.17) is 9.84 Å². The number of unbranched alkanes of at least 4 members (excludes halogenated alkanes) is 2. The molecule has 0 fully saturated rings. The van der Waals surface area contributed by atoms with Gasteiger partial charge >= 0.3 is 5.97 Å². The topological polar surface area (TPSA) is 142 Å². The summed E-state index contributed by atoms with van der Waals surface area (Å²) in [4.78, 5) is 30.4. The van der Waals surface area contributed by atoms with Gasteiger partial charge in [-0.2, -0.15) is 0 Å². The third kappa shape index (κ3) is 9.70. The Morgan fingerprint density at radius 1 is 0.897 bits per heavy atom. The van der Waals surface area contributed by atoms with Crippen molar-refractivity contribution in [3.8, 4) is 11.5 Å². The molecule has 0 saturated heterocycles. The molecule has 0 unspecified atom stereocenters. The summed E-state index contributed by atoms with van der Waals surface area (Å²) in [5, 5.41) is 29.2. The molecule has 0 atom stereocenters. The van der Waals surface area contributed by atoms with Gasteiger partial charge in [-0.25, -0.2) is 0 Å². The van der Waals surface area contributed by atoms with Crippen molar-refractivity contribution < 1.29 is 29.2 Å². The number of carbonyl (C=O) groups excluding carboxylic acids is 1. The number of aromatic hydroxyl groups is 1. The maximum absolute atomic E-state index is 10.8. The lowest BCUT2D eigenvalue weighted by molar-refractivity contribution is -0.385. The second-order valence-electron chi connectivity index (χ2n) is 5.76. The van der Waals surface area contributed by atoms with Crippen LogP contribution in [0, 0.1) is 20.2 Å². The molecule has 10 heteroatoms. The molecule has 0 heterocycles. The number of hydrogen-bond donors (Lipinski definition) is 1. The van der Waals surface area contributed by atoms with Crippen LogP contribution in [-0.2, 0) is 9.53 Å². The molecule has 156 valence electrons. The fraction of sp³-hybridized carbons (Fsp3) is 0.316. The molecule has 0 aliphatic carbocycles. The lowest BCUT2D eigenvalue weighted by Gasteiger charge is -2.05. The molecule has 0 aliphatic rings. The highest BCUT2D eigenvalue weighted by Gasteiger charge is 2.04. The van der Waals surface area contributed by atoms with E-state index in [0.717, 1.165) is 19.3 Å². The zero-order chi connectivity index (χ0) is 21.6. The molecule has 2 rings (SSSR count). The Kier molecular flexibility index (Phi) is 10.2. The SMILES string of the molecule is COC(=O)CCCCCOc1ccc([N+](=O)[O-])cc1.O=[N+]([O-])c1ccc(O)cc1. The molecule has 0 saturated carbocycles. The van der Waals surface area contributed by atoms with E-state index in [9.17, 15) is 25.0 Å². The molecule has 1 N–H and O–H groups in total. The van der Waals surface area contributed by atoms with Crippen LogP contribution >= 0.6 is 0 Å². The van der Waals surface area contributed by atoms with Gasteiger partial charge < -0.3 is 14.6 Å². The third-order valence-corrected chi connectivity index (χ3v) is 3.63. The van der Waals surface area contributed by atoms with Gasteiger partial charge in [-0.05, 0) is 43.5 Å². The molecule has 0 amide bonds. The van der Waals surface area contributed by atoms with Gasteiger partial charge in [0.25, 0.3) is 11.4 Å². The summed E-state index contributed by atoms with van der Waals surface area (Å²) < 4.78 is 9.97. The molecule has 2 aromatic carbocycles. The fourth-order valence-corrected chi connectivity index (χ4v) is 2.08. The molecule has 0 aromatic heterocycles. The maximum Gasteiger partial charge on any atom is 0.305 e. The Morgan fingerprint density at radius 2 is 1.41 bits per heavy atom. The number of nitro groups is 2. The van der Waals surface area contributed by atoms with Gasteiger partial charge in [0.1, 0.15) is 11.5 Å². The lowest BCUT2D eigenvalue weighted by Crippen LogP contribution is -2.01. The summed E-state index contributed by atoms with van der Waals surface area (Å²) in [7, 11) is 1.38. The maximum atomic E-state index is 10.8. The van der Waals surface area contributed by atoms with Crippen LogP contribution in [0.4, 0.5) is 11.4 Å². The summed E-state index contributed by atoms with van der Waals surface area (Å²) in [5.41, 5.74) is 0.0308. The zero-order valence-corrected chi connectivity index (χ0v) is 15.9. The van der Waals surface area contributed by atoms with Crippen molar-refractivity contribution >= 4 is 17.3 Å². The normalized spacial score (nSPS) is 9.69. The van der Waals surface area contributed by atoms with E-state index in [1.54, 1.807) is 12.1 Å².